The molecule has 0 amide bonds. The van der Waals surface area contributed by atoms with Gasteiger partial charge in [-0.2, -0.15) is 5.26 Å². The summed E-state index contributed by atoms with van der Waals surface area (Å²) in [6.07, 6.45) is 1.75. The number of aromatic hydroxyl groups is 1. The summed E-state index contributed by atoms with van der Waals surface area (Å²) in [6, 6.07) is 15.0. The third-order valence-electron chi connectivity index (χ3n) is 3.24. The monoisotopic (exact) mass is 322 g/mol. The molecule has 4 nitrogen and oxygen atoms in total. The van der Waals surface area contributed by atoms with E-state index in [1.54, 1.807) is 24.3 Å². The summed E-state index contributed by atoms with van der Waals surface area (Å²) < 4.78 is 6.42. The summed E-state index contributed by atoms with van der Waals surface area (Å²) in [5, 5.41) is 19.9. The zero-order valence-electron chi connectivity index (χ0n) is 12.5. The van der Waals surface area contributed by atoms with Crippen LogP contribution in [0.1, 0.15) is 17.5 Å². The Balaban J connectivity index is 2.02. The van der Waals surface area contributed by atoms with Crippen molar-refractivity contribution in [3.05, 3.63) is 53.0 Å². The van der Waals surface area contributed by atoms with E-state index in [9.17, 15) is 10.4 Å². The van der Waals surface area contributed by atoms with Crippen LogP contribution in [-0.2, 0) is 0 Å². The zero-order chi connectivity index (χ0) is 16.2. The molecule has 0 saturated carbocycles. The normalized spacial score (nSPS) is 11.4. The Bertz CT molecular complexity index is 889. The predicted octanol–water partition coefficient (Wildman–Crippen LogP) is 4.46. The van der Waals surface area contributed by atoms with E-state index < -0.39 is 0 Å². The van der Waals surface area contributed by atoms with Gasteiger partial charge in [-0.1, -0.05) is 18.2 Å². The van der Waals surface area contributed by atoms with Gasteiger partial charge in [0.1, 0.15) is 11.1 Å². The lowest BCUT2D eigenvalue weighted by molar-refractivity contribution is 0.318. The molecule has 0 saturated heterocycles. The molecule has 1 heterocycles. The Hall–Kier alpha value is -2.84. The van der Waals surface area contributed by atoms with Gasteiger partial charge >= 0.3 is 0 Å². The zero-order valence-corrected chi connectivity index (χ0v) is 13.3. The number of benzene rings is 2. The Morgan fingerprint density at radius 3 is 2.91 bits per heavy atom. The number of hydrogen-bond acceptors (Lipinski definition) is 5. The molecule has 0 spiro atoms. The minimum absolute atomic E-state index is 0.0856. The number of para-hydroxylation sites is 1. The number of phenols is 1. The number of thiazole rings is 1. The van der Waals surface area contributed by atoms with E-state index in [1.165, 1.54) is 11.3 Å². The minimum atomic E-state index is 0.0856. The molecular formula is C18H14N2O2S. The van der Waals surface area contributed by atoms with E-state index in [0.717, 1.165) is 15.8 Å². The van der Waals surface area contributed by atoms with Gasteiger partial charge in [0.2, 0.25) is 0 Å². The van der Waals surface area contributed by atoms with Crippen LogP contribution in [0.15, 0.2) is 42.5 Å². The Kier molecular flexibility index (Phi) is 4.26. The largest absolute Gasteiger partial charge is 0.504 e. The van der Waals surface area contributed by atoms with E-state index in [2.05, 4.69) is 11.1 Å². The van der Waals surface area contributed by atoms with Gasteiger partial charge < -0.3 is 9.84 Å². The first kappa shape index (κ1) is 15.1. The molecule has 0 radical (unpaired) electrons. The van der Waals surface area contributed by atoms with Gasteiger partial charge in [0.05, 0.1) is 22.4 Å². The van der Waals surface area contributed by atoms with E-state index in [0.29, 0.717) is 22.9 Å². The van der Waals surface area contributed by atoms with Crippen LogP contribution >= 0.6 is 11.3 Å². The molecule has 0 aliphatic carbocycles. The number of allylic oxidation sites excluding steroid dienone is 1. The smallest absolute Gasteiger partial charge is 0.161 e. The van der Waals surface area contributed by atoms with Crippen molar-refractivity contribution < 1.29 is 9.84 Å². The van der Waals surface area contributed by atoms with Crippen molar-refractivity contribution in [1.29, 1.82) is 5.26 Å². The maximum atomic E-state index is 9.75. The second kappa shape index (κ2) is 6.51. The summed E-state index contributed by atoms with van der Waals surface area (Å²) in [5.41, 5.74) is 2.15. The van der Waals surface area contributed by atoms with E-state index in [1.807, 2.05) is 31.2 Å². The second-order valence-corrected chi connectivity index (χ2v) is 5.85. The van der Waals surface area contributed by atoms with Gasteiger partial charge in [0, 0.05) is 0 Å². The maximum Gasteiger partial charge on any atom is 0.161 e. The van der Waals surface area contributed by atoms with Crippen molar-refractivity contribution in [2.45, 2.75) is 6.92 Å². The molecule has 5 heteroatoms. The molecule has 2 aromatic carbocycles. The summed E-state index contributed by atoms with van der Waals surface area (Å²) >= 11 is 1.48. The lowest BCUT2D eigenvalue weighted by atomic mass is 10.1. The molecule has 1 N–H and O–H groups in total. The van der Waals surface area contributed by atoms with Crippen molar-refractivity contribution in [2.24, 2.45) is 0 Å². The number of hydrogen-bond donors (Lipinski definition) is 1. The van der Waals surface area contributed by atoms with Crippen LogP contribution in [0.4, 0.5) is 0 Å². The predicted molar refractivity (Wildman–Crippen MR) is 92.4 cm³/mol. The quantitative estimate of drug-likeness (QED) is 0.720. The molecule has 3 rings (SSSR count). The fraction of sp³-hybridized carbons (Fsp3) is 0.111. The van der Waals surface area contributed by atoms with Gasteiger partial charge in [0.25, 0.3) is 0 Å². The van der Waals surface area contributed by atoms with Crippen LogP contribution in [-0.4, -0.2) is 16.7 Å². The first-order valence-electron chi connectivity index (χ1n) is 7.15. The van der Waals surface area contributed by atoms with E-state index in [-0.39, 0.29) is 5.75 Å². The van der Waals surface area contributed by atoms with Crippen molar-refractivity contribution in [3.8, 4) is 17.6 Å². The second-order valence-electron chi connectivity index (χ2n) is 4.82. The molecule has 0 bridgehead atoms. The third kappa shape index (κ3) is 3.17. The average molecular weight is 322 g/mol. The van der Waals surface area contributed by atoms with Crippen molar-refractivity contribution in [1.82, 2.24) is 4.98 Å². The minimum Gasteiger partial charge on any atom is -0.504 e. The number of ether oxygens (including phenoxy) is 1. The average Bonchev–Trinajstić information content (AvgIpc) is 2.99. The molecule has 0 unspecified atom stereocenters. The topological polar surface area (TPSA) is 66.1 Å². The number of nitriles is 1. The summed E-state index contributed by atoms with van der Waals surface area (Å²) in [6.45, 7) is 2.31. The molecule has 1 aromatic heterocycles. The number of aromatic nitrogens is 1. The highest BCUT2D eigenvalue weighted by molar-refractivity contribution is 7.19. The van der Waals surface area contributed by atoms with Gasteiger partial charge in [-0.25, -0.2) is 4.98 Å². The van der Waals surface area contributed by atoms with E-state index >= 15 is 0 Å². The summed E-state index contributed by atoms with van der Waals surface area (Å²) in [4.78, 5) is 4.50. The summed E-state index contributed by atoms with van der Waals surface area (Å²) in [5.74, 6) is 0.491. The Morgan fingerprint density at radius 2 is 2.17 bits per heavy atom. The van der Waals surface area contributed by atoms with Crippen LogP contribution in [0.2, 0.25) is 0 Å². The Morgan fingerprint density at radius 1 is 1.35 bits per heavy atom. The highest BCUT2D eigenvalue weighted by Gasteiger charge is 2.09. The van der Waals surface area contributed by atoms with E-state index in [4.69, 9.17) is 4.74 Å². The van der Waals surface area contributed by atoms with Gasteiger partial charge in [0.15, 0.2) is 11.5 Å². The molecule has 0 fully saturated rings. The van der Waals surface area contributed by atoms with Crippen LogP contribution < -0.4 is 4.74 Å². The SMILES string of the molecule is CCOc1cc(/C=C(/C#N)c2nc3ccccc3s2)ccc1O. The fourth-order valence-electron chi connectivity index (χ4n) is 2.19. The number of fused-ring (bicyclic) bond motifs is 1. The standard InChI is InChI=1S/C18H14N2O2S/c1-2-22-16-10-12(7-8-15(16)21)9-13(11-19)18-20-14-5-3-4-6-17(14)23-18/h3-10,21H,2H2,1H3/b13-9-. The highest BCUT2D eigenvalue weighted by Crippen LogP contribution is 2.31. The highest BCUT2D eigenvalue weighted by atomic mass is 32.1. The van der Waals surface area contributed by atoms with Crippen LogP contribution in [0.5, 0.6) is 11.5 Å². The molecule has 0 aliphatic rings. The first-order valence-corrected chi connectivity index (χ1v) is 7.96. The lowest BCUT2D eigenvalue weighted by Gasteiger charge is -2.06. The first-order chi connectivity index (χ1) is 11.2. The van der Waals surface area contributed by atoms with Crippen LogP contribution in [0.25, 0.3) is 21.9 Å². The molecular weight excluding hydrogens is 308 g/mol. The molecule has 0 aliphatic heterocycles. The van der Waals surface area contributed by atoms with Crippen molar-refractivity contribution in [2.75, 3.05) is 6.61 Å². The van der Waals surface area contributed by atoms with Crippen molar-refractivity contribution in [3.63, 3.8) is 0 Å². The molecule has 3 aromatic rings. The van der Waals surface area contributed by atoms with Crippen LogP contribution in [0, 0.1) is 11.3 Å². The number of rotatable bonds is 4. The third-order valence-corrected chi connectivity index (χ3v) is 4.31. The van der Waals surface area contributed by atoms with Crippen molar-refractivity contribution >= 4 is 33.2 Å². The molecule has 0 atom stereocenters. The van der Waals surface area contributed by atoms with Gasteiger partial charge in [-0.3, -0.25) is 0 Å². The van der Waals surface area contributed by atoms with Crippen LogP contribution in [0.3, 0.4) is 0 Å². The maximum absolute atomic E-state index is 9.75. The number of phenolic OH excluding ortho intramolecular Hbond substituents is 1. The fourth-order valence-corrected chi connectivity index (χ4v) is 3.12. The van der Waals surface area contributed by atoms with Gasteiger partial charge in [-0.05, 0) is 42.8 Å². The molecule has 114 valence electrons. The van der Waals surface area contributed by atoms with Gasteiger partial charge in [-0.15, -0.1) is 11.3 Å². The lowest BCUT2D eigenvalue weighted by Crippen LogP contribution is -1.92. The molecule has 23 heavy (non-hydrogen) atoms. The number of nitrogens with zero attached hydrogens (tertiary/aromatic N) is 2. The summed E-state index contributed by atoms with van der Waals surface area (Å²) in [7, 11) is 0. The Labute approximate surface area is 137 Å².